The lowest BCUT2D eigenvalue weighted by Gasteiger charge is -2.24. The Balaban J connectivity index is 1.65. The van der Waals surface area contributed by atoms with Crippen LogP contribution in [-0.2, 0) is 9.53 Å². The van der Waals surface area contributed by atoms with Gasteiger partial charge in [-0.3, -0.25) is 4.79 Å². The minimum Gasteiger partial charge on any atom is -0.459 e. The van der Waals surface area contributed by atoms with Crippen LogP contribution in [0.2, 0.25) is 0 Å². The Labute approximate surface area is 146 Å². The number of rotatable bonds is 4. The maximum atomic E-state index is 12.8. The summed E-state index contributed by atoms with van der Waals surface area (Å²) >= 11 is 0. The highest BCUT2D eigenvalue weighted by atomic mass is 16.5. The number of carbonyl (C=O) groups excluding carboxylic acids is 1. The lowest BCUT2D eigenvalue weighted by molar-refractivity contribution is -0.128. The van der Waals surface area contributed by atoms with Crippen LogP contribution in [0.5, 0.6) is 0 Å². The van der Waals surface area contributed by atoms with E-state index in [0.717, 1.165) is 35.1 Å². The predicted molar refractivity (Wildman–Crippen MR) is 96.2 cm³/mol. The lowest BCUT2D eigenvalue weighted by atomic mass is 9.97. The molecule has 1 N–H and O–H groups in total. The smallest absolute Gasteiger partial charge is 0.224 e. The third kappa shape index (κ3) is 3.44. The first-order chi connectivity index (χ1) is 12.3. The van der Waals surface area contributed by atoms with Gasteiger partial charge in [-0.1, -0.05) is 48.5 Å². The fourth-order valence-electron chi connectivity index (χ4n) is 3.33. The largest absolute Gasteiger partial charge is 0.459 e. The number of ether oxygens (including phenoxy) is 1. The van der Waals surface area contributed by atoms with Crippen LogP contribution < -0.4 is 5.32 Å². The van der Waals surface area contributed by atoms with E-state index in [1.165, 1.54) is 0 Å². The minimum atomic E-state index is -0.288. The fraction of sp³-hybridized carbons (Fsp3) is 0.286. The monoisotopic (exact) mass is 335 g/mol. The van der Waals surface area contributed by atoms with Crippen LogP contribution in [0.1, 0.15) is 30.2 Å². The summed E-state index contributed by atoms with van der Waals surface area (Å²) in [6.45, 7) is 1.30. The molecule has 1 atom stereocenters. The second-order valence-electron chi connectivity index (χ2n) is 6.43. The maximum Gasteiger partial charge on any atom is 0.224 e. The number of amides is 1. The van der Waals surface area contributed by atoms with Gasteiger partial charge in [0.15, 0.2) is 0 Å². The first-order valence-electron chi connectivity index (χ1n) is 8.73. The summed E-state index contributed by atoms with van der Waals surface area (Å²) in [5.41, 5.74) is 1.85. The topological polar surface area (TPSA) is 51.5 Å². The van der Waals surface area contributed by atoms with Gasteiger partial charge in [-0.05, 0) is 30.5 Å². The number of hydrogen-bond donors (Lipinski definition) is 1. The zero-order valence-electron chi connectivity index (χ0n) is 14.0. The van der Waals surface area contributed by atoms with Gasteiger partial charge < -0.3 is 14.5 Å². The van der Waals surface area contributed by atoms with E-state index in [1.807, 2.05) is 60.7 Å². The fourth-order valence-corrected chi connectivity index (χ4v) is 3.33. The second-order valence-corrected chi connectivity index (χ2v) is 6.43. The summed E-state index contributed by atoms with van der Waals surface area (Å²) in [5, 5.41) is 4.23. The van der Waals surface area contributed by atoms with Gasteiger partial charge in [0.1, 0.15) is 17.4 Å². The van der Waals surface area contributed by atoms with Gasteiger partial charge in [-0.15, -0.1) is 0 Å². The predicted octanol–water partition coefficient (Wildman–Crippen LogP) is 4.07. The number of hydrogen-bond acceptors (Lipinski definition) is 3. The van der Waals surface area contributed by atoms with Crippen molar-refractivity contribution >= 4 is 16.9 Å². The van der Waals surface area contributed by atoms with E-state index in [1.54, 1.807) is 0 Å². The van der Waals surface area contributed by atoms with Gasteiger partial charge in [-0.25, -0.2) is 0 Å². The van der Waals surface area contributed by atoms with Crippen LogP contribution in [0.3, 0.4) is 0 Å². The third-order valence-corrected chi connectivity index (χ3v) is 4.74. The van der Waals surface area contributed by atoms with Crippen LogP contribution in [0.4, 0.5) is 0 Å². The molecule has 1 saturated heterocycles. The van der Waals surface area contributed by atoms with E-state index in [0.29, 0.717) is 13.2 Å². The van der Waals surface area contributed by atoms with E-state index in [-0.39, 0.29) is 17.9 Å². The molecule has 0 spiro atoms. The molecule has 4 heteroatoms. The molecule has 0 radical (unpaired) electrons. The van der Waals surface area contributed by atoms with Crippen molar-refractivity contribution < 1.29 is 13.9 Å². The molecule has 1 aromatic heterocycles. The SMILES string of the molecule is O=C(NC(c1ccccc1)c1cc2ccccc2o1)C1CCOCC1. The second kappa shape index (κ2) is 7.11. The zero-order valence-corrected chi connectivity index (χ0v) is 14.0. The van der Waals surface area contributed by atoms with Crippen molar-refractivity contribution in [2.45, 2.75) is 18.9 Å². The Kier molecular flexibility index (Phi) is 4.53. The van der Waals surface area contributed by atoms with E-state index >= 15 is 0 Å². The molecule has 0 saturated carbocycles. The van der Waals surface area contributed by atoms with Gasteiger partial charge in [0.05, 0.1) is 0 Å². The average Bonchev–Trinajstić information content (AvgIpc) is 3.11. The molecule has 1 unspecified atom stereocenters. The summed E-state index contributed by atoms with van der Waals surface area (Å²) in [6.07, 6.45) is 1.54. The highest BCUT2D eigenvalue weighted by Gasteiger charge is 2.26. The van der Waals surface area contributed by atoms with Gasteiger partial charge in [0, 0.05) is 24.5 Å². The summed E-state index contributed by atoms with van der Waals surface area (Å²) in [5.74, 6) is 0.828. The third-order valence-electron chi connectivity index (χ3n) is 4.74. The molecular weight excluding hydrogens is 314 g/mol. The Morgan fingerprint density at radius 1 is 1.00 bits per heavy atom. The molecule has 0 aliphatic carbocycles. The van der Waals surface area contributed by atoms with Crippen molar-refractivity contribution in [3.63, 3.8) is 0 Å². The number of para-hydroxylation sites is 1. The quantitative estimate of drug-likeness (QED) is 0.782. The average molecular weight is 335 g/mol. The highest BCUT2D eigenvalue weighted by molar-refractivity contribution is 5.81. The molecule has 128 valence electrons. The van der Waals surface area contributed by atoms with Crippen LogP contribution in [0, 0.1) is 5.92 Å². The Bertz CT molecular complexity index is 817. The first-order valence-corrected chi connectivity index (χ1v) is 8.73. The Hall–Kier alpha value is -2.59. The minimum absolute atomic E-state index is 0.00402. The number of furan rings is 1. The summed E-state index contributed by atoms with van der Waals surface area (Å²) in [7, 11) is 0. The molecule has 1 aliphatic rings. The summed E-state index contributed by atoms with van der Waals surface area (Å²) in [4.78, 5) is 12.8. The highest BCUT2D eigenvalue weighted by Crippen LogP contribution is 2.29. The van der Waals surface area contributed by atoms with Crippen LogP contribution in [-0.4, -0.2) is 19.1 Å². The molecule has 2 aromatic carbocycles. The van der Waals surface area contributed by atoms with Crippen LogP contribution >= 0.6 is 0 Å². The van der Waals surface area contributed by atoms with Gasteiger partial charge in [0.25, 0.3) is 0 Å². The van der Waals surface area contributed by atoms with Crippen molar-refractivity contribution in [2.75, 3.05) is 13.2 Å². The number of benzene rings is 2. The molecule has 1 amide bonds. The molecule has 4 rings (SSSR count). The van der Waals surface area contributed by atoms with Crippen LogP contribution in [0.15, 0.2) is 65.1 Å². The number of carbonyl (C=O) groups is 1. The first kappa shape index (κ1) is 15.9. The molecular formula is C21H21NO3. The van der Waals surface area contributed by atoms with Crippen molar-refractivity contribution in [1.82, 2.24) is 5.32 Å². The Morgan fingerprint density at radius 3 is 2.48 bits per heavy atom. The lowest BCUT2D eigenvalue weighted by Crippen LogP contribution is -2.37. The molecule has 25 heavy (non-hydrogen) atoms. The van der Waals surface area contributed by atoms with Crippen molar-refractivity contribution in [2.24, 2.45) is 5.92 Å². The molecule has 3 aromatic rings. The normalized spacial score (nSPS) is 16.6. The van der Waals surface area contributed by atoms with E-state index in [4.69, 9.17) is 9.15 Å². The van der Waals surface area contributed by atoms with Crippen molar-refractivity contribution in [3.05, 3.63) is 72.0 Å². The standard InChI is InChI=1S/C21H21NO3/c23-21(16-10-12-24-13-11-16)22-20(15-6-2-1-3-7-15)19-14-17-8-4-5-9-18(17)25-19/h1-9,14,16,20H,10-13H2,(H,22,23). The van der Waals surface area contributed by atoms with Crippen molar-refractivity contribution in [1.29, 1.82) is 0 Å². The van der Waals surface area contributed by atoms with Gasteiger partial charge in [0.2, 0.25) is 5.91 Å². The van der Waals surface area contributed by atoms with Crippen LogP contribution in [0.25, 0.3) is 11.0 Å². The van der Waals surface area contributed by atoms with E-state index < -0.39 is 0 Å². The molecule has 4 nitrogen and oxygen atoms in total. The van der Waals surface area contributed by atoms with Gasteiger partial charge >= 0.3 is 0 Å². The molecule has 1 fully saturated rings. The van der Waals surface area contributed by atoms with Crippen molar-refractivity contribution in [3.8, 4) is 0 Å². The van der Waals surface area contributed by atoms with E-state index in [9.17, 15) is 4.79 Å². The number of nitrogens with one attached hydrogen (secondary N) is 1. The van der Waals surface area contributed by atoms with E-state index in [2.05, 4.69) is 5.32 Å². The molecule has 1 aliphatic heterocycles. The molecule has 0 bridgehead atoms. The van der Waals surface area contributed by atoms with Gasteiger partial charge in [-0.2, -0.15) is 0 Å². The maximum absolute atomic E-state index is 12.8. The Morgan fingerprint density at radius 2 is 1.72 bits per heavy atom. The molecule has 2 heterocycles. The summed E-state index contributed by atoms with van der Waals surface area (Å²) < 4.78 is 11.4. The zero-order chi connectivity index (χ0) is 17.1. The number of fused-ring (bicyclic) bond motifs is 1. The summed E-state index contributed by atoms with van der Waals surface area (Å²) in [6, 6.07) is 19.6.